The Morgan fingerprint density at radius 3 is 2.44 bits per heavy atom. The second kappa shape index (κ2) is 5.38. The molecule has 18 heavy (non-hydrogen) atoms. The summed E-state index contributed by atoms with van der Waals surface area (Å²) in [6.45, 7) is 0.788. The molecule has 1 aromatic rings. The maximum atomic E-state index is 12.3. The molecule has 0 bridgehead atoms. The van der Waals surface area contributed by atoms with E-state index < -0.39 is 25.2 Å². The van der Waals surface area contributed by atoms with Crippen LogP contribution >= 0.6 is 0 Å². The molecule has 0 saturated heterocycles. The van der Waals surface area contributed by atoms with Crippen LogP contribution in [0.2, 0.25) is 0 Å². The van der Waals surface area contributed by atoms with E-state index in [1.54, 1.807) is 6.92 Å². The van der Waals surface area contributed by atoms with Crippen molar-refractivity contribution in [3.8, 4) is 0 Å². The van der Waals surface area contributed by atoms with Gasteiger partial charge in [-0.25, -0.2) is 0 Å². The number of aliphatic hydroxyl groups is 1. The normalized spacial score (nSPS) is 11.7. The van der Waals surface area contributed by atoms with Crippen molar-refractivity contribution in [3.05, 3.63) is 17.0 Å². The number of nitrogens with one attached hydrogen (secondary N) is 1. The third kappa shape index (κ3) is 3.46. The number of amides is 1. The first kappa shape index (κ1) is 14.5. The monoisotopic (exact) mass is 265 g/mol. The van der Waals surface area contributed by atoms with Crippen molar-refractivity contribution in [2.75, 3.05) is 19.7 Å². The number of aliphatic hydroxyl groups excluding tert-OH is 1. The van der Waals surface area contributed by atoms with Gasteiger partial charge in [0.25, 0.3) is 5.91 Å². The Bertz CT molecular complexity index is 409. The van der Waals surface area contributed by atoms with Crippen LogP contribution in [0, 0.1) is 13.8 Å². The molecule has 0 spiro atoms. The quantitative estimate of drug-likeness (QED) is 0.854. The van der Waals surface area contributed by atoms with Crippen LogP contribution in [-0.2, 0) is 0 Å². The molecule has 0 fully saturated rings. The van der Waals surface area contributed by atoms with Gasteiger partial charge in [0.05, 0.1) is 17.9 Å². The van der Waals surface area contributed by atoms with Crippen molar-refractivity contribution in [2.45, 2.75) is 20.0 Å². The predicted octanol–water partition coefficient (Wildman–Crippen LogP) is 1.02. The Hall–Kier alpha value is -1.57. The Labute approximate surface area is 102 Å². The molecule has 8 heteroatoms. The van der Waals surface area contributed by atoms with Crippen molar-refractivity contribution in [1.82, 2.24) is 15.1 Å². The first-order valence-electron chi connectivity index (χ1n) is 5.24. The molecular formula is C10H14F3N3O2. The lowest BCUT2D eigenvalue weighted by Crippen LogP contribution is -2.41. The minimum atomic E-state index is -4.50. The standard InChI is InChI=1S/C10H14F3N3O2/c1-6-8(7(2)15-14-6)9(18)16(3-4-17)5-10(11,12)13/h17H,3-5H2,1-2H3,(H,14,15). The molecule has 0 unspecified atom stereocenters. The zero-order valence-corrected chi connectivity index (χ0v) is 10.0. The van der Waals surface area contributed by atoms with Gasteiger partial charge in [-0.1, -0.05) is 0 Å². The van der Waals surface area contributed by atoms with E-state index in [1.165, 1.54) is 6.92 Å². The molecule has 102 valence electrons. The highest BCUT2D eigenvalue weighted by Crippen LogP contribution is 2.19. The maximum absolute atomic E-state index is 12.3. The number of hydrogen-bond donors (Lipinski definition) is 2. The summed E-state index contributed by atoms with van der Waals surface area (Å²) in [6, 6.07) is 0. The smallest absolute Gasteiger partial charge is 0.395 e. The highest BCUT2D eigenvalue weighted by atomic mass is 19.4. The number of H-pyrrole nitrogens is 1. The van der Waals surface area contributed by atoms with Gasteiger partial charge in [0, 0.05) is 12.2 Å². The summed E-state index contributed by atoms with van der Waals surface area (Å²) in [7, 11) is 0. The molecule has 0 aliphatic heterocycles. The minimum Gasteiger partial charge on any atom is -0.395 e. The molecule has 0 atom stereocenters. The fourth-order valence-electron chi connectivity index (χ4n) is 1.61. The summed E-state index contributed by atoms with van der Waals surface area (Å²) in [4.78, 5) is 12.5. The van der Waals surface area contributed by atoms with E-state index in [0.717, 1.165) is 0 Å². The Morgan fingerprint density at radius 2 is 2.06 bits per heavy atom. The van der Waals surface area contributed by atoms with Crippen LogP contribution in [0.3, 0.4) is 0 Å². The number of alkyl halides is 3. The summed E-state index contributed by atoms with van der Waals surface area (Å²) in [6.07, 6.45) is -4.50. The van der Waals surface area contributed by atoms with Crippen LogP contribution in [0.15, 0.2) is 0 Å². The average molecular weight is 265 g/mol. The van der Waals surface area contributed by atoms with Gasteiger partial charge in [-0.05, 0) is 13.8 Å². The van der Waals surface area contributed by atoms with E-state index in [4.69, 9.17) is 5.11 Å². The van der Waals surface area contributed by atoms with Gasteiger partial charge in [-0.2, -0.15) is 18.3 Å². The number of aryl methyl sites for hydroxylation is 2. The fraction of sp³-hybridized carbons (Fsp3) is 0.600. The van der Waals surface area contributed by atoms with Crippen LogP contribution in [0.4, 0.5) is 13.2 Å². The highest BCUT2D eigenvalue weighted by molar-refractivity contribution is 5.96. The third-order valence-corrected chi connectivity index (χ3v) is 2.37. The molecule has 1 rings (SSSR count). The fourth-order valence-corrected chi connectivity index (χ4v) is 1.61. The van der Waals surface area contributed by atoms with E-state index in [2.05, 4.69) is 10.2 Å². The molecule has 1 heterocycles. The van der Waals surface area contributed by atoms with E-state index in [-0.39, 0.29) is 12.1 Å². The van der Waals surface area contributed by atoms with Crippen LogP contribution in [0.5, 0.6) is 0 Å². The number of aromatic nitrogens is 2. The maximum Gasteiger partial charge on any atom is 0.406 e. The lowest BCUT2D eigenvalue weighted by Gasteiger charge is -2.23. The van der Waals surface area contributed by atoms with Crippen molar-refractivity contribution in [3.63, 3.8) is 0 Å². The van der Waals surface area contributed by atoms with Gasteiger partial charge < -0.3 is 10.0 Å². The van der Waals surface area contributed by atoms with Crippen molar-refractivity contribution < 1.29 is 23.1 Å². The van der Waals surface area contributed by atoms with Gasteiger partial charge in [-0.3, -0.25) is 9.89 Å². The Kier molecular flexibility index (Phi) is 4.33. The average Bonchev–Trinajstić information content (AvgIpc) is 2.55. The Balaban J connectivity index is 2.96. The molecule has 0 radical (unpaired) electrons. The number of hydrogen-bond acceptors (Lipinski definition) is 3. The van der Waals surface area contributed by atoms with Gasteiger partial charge in [0.1, 0.15) is 6.54 Å². The summed E-state index contributed by atoms with van der Waals surface area (Å²) >= 11 is 0. The summed E-state index contributed by atoms with van der Waals surface area (Å²) in [5, 5.41) is 15.0. The predicted molar refractivity (Wildman–Crippen MR) is 57.1 cm³/mol. The molecular weight excluding hydrogens is 251 g/mol. The first-order chi connectivity index (χ1) is 8.26. The lowest BCUT2D eigenvalue weighted by atomic mass is 10.1. The van der Waals surface area contributed by atoms with Crippen LogP contribution in [0.1, 0.15) is 21.7 Å². The summed E-state index contributed by atoms with van der Waals surface area (Å²) in [5.74, 6) is -0.787. The zero-order valence-electron chi connectivity index (χ0n) is 10.0. The van der Waals surface area contributed by atoms with Gasteiger partial charge in [0.15, 0.2) is 0 Å². The first-order valence-corrected chi connectivity index (χ1v) is 5.24. The number of carbonyl (C=O) groups is 1. The van der Waals surface area contributed by atoms with E-state index in [9.17, 15) is 18.0 Å². The lowest BCUT2D eigenvalue weighted by molar-refractivity contribution is -0.141. The summed E-state index contributed by atoms with van der Waals surface area (Å²) in [5.41, 5.74) is 0.859. The van der Waals surface area contributed by atoms with E-state index in [1.807, 2.05) is 0 Å². The molecule has 0 aliphatic rings. The van der Waals surface area contributed by atoms with Crippen LogP contribution in [0.25, 0.3) is 0 Å². The zero-order chi connectivity index (χ0) is 13.9. The molecule has 0 aliphatic carbocycles. The number of aromatic amines is 1. The van der Waals surface area contributed by atoms with Crippen molar-refractivity contribution in [1.29, 1.82) is 0 Å². The number of nitrogens with zero attached hydrogens (tertiary/aromatic N) is 2. The number of carbonyl (C=O) groups excluding carboxylic acids is 1. The number of halogens is 3. The topological polar surface area (TPSA) is 69.2 Å². The minimum absolute atomic E-state index is 0.118. The van der Waals surface area contributed by atoms with Crippen molar-refractivity contribution >= 4 is 5.91 Å². The molecule has 0 saturated carbocycles. The third-order valence-electron chi connectivity index (χ3n) is 2.37. The van der Waals surface area contributed by atoms with Gasteiger partial charge in [-0.15, -0.1) is 0 Å². The van der Waals surface area contributed by atoms with E-state index in [0.29, 0.717) is 16.3 Å². The summed E-state index contributed by atoms with van der Waals surface area (Å²) < 4.78 is 37.0. The molecule has 1 amide bonds. The van der Waals surface area contributed by atoms with Crippen LogP contribution in [-0.4, -0.2) is 52.0 Å². The SMILES string of the molecule is Cc1n[nH]c(C)c1C(=O)N(CCO)CC(F)(F)F. The largest absolute Gasteiger partial charge is 0.406 e. The molecule has 5 nitrogen and oxygen atoms in total. The van der Waals surface area contributed by atoms with E-state index >= 15 is 0 Å². The second-order valence-electron chi connectivity index (χ2n) is 3.87. The second-order valence-corrected chi connectivity index (χ2v) is 3.87. The Morgan fingerprint density at radius 1 is 1.44 bits per heavy atom. The van der Waals surface area contributed by atoms with Gasteiger partial charge >= 0.3 is 6.18 Å². The number of rotatable bonds is 4. The highest BCUT2D eigenvalue weighted by Gasteiger charge is 2.34. The van der Waals surface area contributed by atoms with Gasteiger partial charge in [0.2, 0.25) is 0 Å². The van der Waals surface area contributed by atoms with Crippen LogP contribution < -0.4 is 0 Å². The molecule has 0 aromatic carbocycles. The molecule has 1 aromatic heterocycles. The van der Waals surface area contributed by atoms with Crippen molar-refractivity contribution in [2.24, 2.45) is 0 Å². The molecule has 2 N–H and O–H groups in total.